The minimum Gasteiger partial charge on any atom is -0.326 e. The Kier molecular flexibility index (Phi) is 6.36. The Morgan fingerprint density at radius 3 is 2.48 bits per heavy atom. The van der Waals surface area contributed by atoms with E-state index in [2.05, 4.69) is 17.3 Å². The Morgan fingerprint density at radius 1 is 1.04 bits per heavy atom. The summed E-state index contributed by atoms with van der Waals surface area (Å²) in [5.74, 6) is -0.271. The summed E-state index contributed by atoms with van der Waals surface area (Å²) in [6, 6.07) is 17.7. The van der Waals surface area contributed by atoms with Gasteiger partial charge in [-0.2, -0.15) is 5.10 Å². The van der Waals surface area contributed by atoms with Crippen LogP contribution in [0.2, 0.25) is 0 Å². The number of benzene rings is 2. The van der Waals surface area contributed by atoms with Crippen molar-refractivity contribution < 1.29 is 9.59 Å². The fourth-order valence-corrected chi connectivity index (χ4v) is 3.09. The number of hydrazone groups is 1. The zero-order chi connectivity index (χ0) is 19.1. The molecule has 0 fully saturated rings. The summed E-state index contributed by atoms with van der Waals surface area (Å²) in [7, 11) is 0. The molecule has 140 valence electrons. The van der Waals surface area contributed by atoms with Crippen molar-refractivity contribution in [3.05, 3.63) is 65.7 Å². The Labute approximate surface area is 160 Å². The average molecular weight is 363 g/mol. The number of carbonyl (C=O) groups is 2. The Bertz CT molecular complexity index is 813. The molecule has 5 nitrogen and oxygen atoms in total. The molecule has 0 unspecified atom stereocenters. The molecule has 0 spiro atoms. The number of amides is 2. The van der Waals surface area contributed by atoms with Gasteiger partial charge in [-0.1, -0.05) is 55.8 Å². The number of aryl methyl sites for hydroxylation is 1. The average Bonchev–Trinajstić information content (AvgIpc) is 3.19. The summed E-state index contributed by atoms with van der Waals surface area (Å²) in [6.07, 6.45) is 3.18. The number of nitrogens with one attached hydrogen (secondary N) is 1. The minimum absolute atomic E-state index is 0.116. The van der Waals surface area contributed by atoms with Gasteiger partial charge in [-0.3, -0.25) is 9.59 Å². The van der Waals surface area contributed by atoms with E-state index in [1.54, 1.807) is 0 Å². The van der Waals surface area contributed by atoms with Crippen LogP contribution in [-0.4, -0.2) is 29.1 Å². The highest BCUT2D eigenvalue weighted by Gasteiger charge is 2.21. The highest BCUT2D eigenvalue weighted by atomic mass is 16.2. The first-order valence-corrected chi connectivity index (χ1v) is 9.48. The van der Waals surface area contributed by atoms with Gasteiger partial charge >= 0.3 is 0 Å². The summed E-state index contributed by atoms with van der Waals surface area (Å²) >= 11 is 0. The third-order valence-corrected chi connectivity index (χ3v) is 4.54. The van der Waals surface area contributed by atoms with Crippen LogP contribution in [0.1, 0.15) is 43.7 Å². The number of anilines is 1. The molecule has 0 atom stereocenters. The smallest absolute Gasteiger partial charge is 0.243 e. The number of hydrogen-bond acceptors (Lipinski definition) is 3. The molecule has 2 aromatic carbocycles. The van der Waals surface area contributed by atoms with E-state index in [9.17, 15) is 9.59 Å². The molecule has 0 aromatic heterocycles. The Morgan fingerprint density at radius 2 is 1.78 bits per heavy atom. The van der Waals surface area contributed by atoms with Crippen molar-refractivity contribution in [1.82, 2.24) is 5.01 Å². The molecule has 0 bridgehead atoms. The lowest BCUT2D eigenvalue weighted by Crippen LogP contribution is -2.24. The Hall–Kier alpha value is -2.95. The normalized spacial score (nSPS) is 13.4. The molecule has 1 N–H and O–H groups in total. The van der Waals surface area contributed by atoms with E-state index in [0.29, 0.717) is 6.54 Å². The second-order valence-electron chi connectivity index (χ2n) is 6.67. The van der Waals surface area contributed by atoms with Crippen LogP contribution in [0.4, 0.5) is 5.69 Å². The van der Waals surface area contributed by atoms with Crippen LogP contribution in [0, 0.1) is 0 Å². The van der Waals surface area contributed by atoms with Crippen molar-refractivity contribution in [1.29, 1.82) is 0 Å². The first-order chi connectivity index (χ1) is 13.2. The fraction of sp³-hybridized carbons (Fsp3) is 0.318. The van der Waals surface area contributed by atoms with Gasteiger partial charge < -0.3 is 5.32 Å². The van der Waals surface area contributed by atoms with Gasteiger partial charge in [-0.15, -0.1) is 0 Å². The first-order valence-electron chi connectivity index (χ1n) is 9.48. The molecule has 2 amide bonds. The van der Waals surface area contributed by atoms with E-state index in [-0.39, 0.29) is 24.7 Å². The SMILES string of the molecule is CCCc1ccc(NC(=O)CCC(=O)N2CCC(c3ccccc3)=N2)cc1. The molecule has 0 radical (unpaired) electrons. The van der Waals surface area contributed by atoms with Crippen LogP contribution in [0.3, 0.4) is 0 Å². The van der Waals surface area contributed by atoms with Gasteiger partial charge in [-0.25, -0.2) is 5.01 Å². The summed E-state index contributed by atoms with van der Waals surface area (Å²) in [5.41, 5.74) is 3.97. The number of hydrogen-bond donors (Lipinski definition) is 1. The predicted molar refractivity (Wildman–Crippen MR) is 108 cm³/mol. The Balaban J connectivity index is 1.47. The molecule has 2 aromatic rings. The van der Waals surface area contributed by atoms with Gasteiger partial charge in [0.1, 0.15) is 0 Å². The largest absolute Gasteiger partial charge is 0.326 e. The van der Waals surface area contributed by atoms with Crippen molar-refractivity contribution in [2.45, 2.75) is 39.0 Å². The van der Waals surface area contributed by atoms with Crippen LogP contribution in [0.15, 0.2) is 59.7 Å². The maximum Gasteiger partial charge on any atom is 0.243 e. The molecule has 27 heavy (non-hydrogen) atoms. The molecule has 1 heterocycles. The standard InChI is InChI=1S/C22H25N3O2/c1-2-6-17-9-11-19(12-10-17)23-21(26)13-14-22(27)25-16-15-20(24-25)18-7-4-3-5-8-18/h3-5,7-12H,2,6,13-16H2,1H3,(H,23,26). The van der Waals surface area contributed by atoms with Crippen molar-refractivity contribution in [2.75, 3.05) is 11.9 Å². The molecular weight excluding hydrogens is 338 g/mol. The minimum atomic E-state index is -0.155. The zero-order valence-electron chi connectivity index (χ0n) is 15.6. The van der Waals surface area contributed by atoms with Gasteiger partial charge in [0.2, 0.25) is 11.8 Å². The molecule has 5 heteroatoms. The second kappa shape index (κ2) is 9.12. The molecule has 3 rings (SSSR count). The van der Waals surface area contributed by atoms with Crippen molar-refractivity contribution >= 4 is 23.2 Å². The summed E-state index contributed by atoms with van der Waals surface area (Å²) in [5, 5.41) is 8.74. The maximum absolute atomic E-state index is 12.3. The van der Waals surface area contributed by atoms with E-state index < -0.39 is 0 Å². The second-order valence-corrected chi connectivity index (χ2v) is 6.67. The molecular formula is C22H25N3O2. The fourth-order valence-electron chi connectivity index (χ4n) is 3.09. The molecule has 0 saturated heterocycles. The van der Waals surface area contributed by atoms with E-state index in [1.165, 1.54) is 10.6 Å². The lowest BCUT2D eigenvalue weighted by atomic mass is 10.1. The third kappa shape index (κ3) is 5.26. The van der Waals surface area contributed by atoms with Gasteiger partial charge in [0, 0.05) is 24.9 Å². The van der Waals surface area contributed by atoms with Crippen LogP contribution < -0.4 is 5.32 Å². The summed E-state index contributed by atoms with van der Waals surface area (Å²) in [4.78, 5) is 24.4. The lowest BCUT2D eigenvalue weighted by Gasteiger charge is -2.11. The highest BCUT2D eigenvalue weighted by Crippen LogP contribution is 2.16. The first kappa shape index (κ1) is 18.8. The van der Waals surface area contributed by atoms with Gasteiger partial charge in [0.05, 0.1) is 12.3 Å². The molecule has 0 aliphatic carbocycles. The quantitative estimate of drug-likeness (QED) is 0.808. The monoisotopic (exact) mass is 363 g/mol. The number of carbonyl (C=O) groups excluding carboxylic acids is 2. The third-order valence-electron chi connectivity index (χ3n) is 4.54. The molecule has 1 aliphatic rings. The number of rotatable bonds is 7. The van der Waals surface area contributed by atoms with Crippen molar-refractivity contribution in [3.63, 3.8) is 0 Å². The maximum atomic E-state index is 12.3. The summed E-state index contributed by atoms with van der Waals surface area (Å²) < 4.78 is 0. The lowest BCUT2D eigenvalue weighted by molar-refractivity contribution is -0.132. The van der Waals surface area contributed by atoms with E-state index in [1.807, 2.05) is 54.6 Å². The predicted octanol–water partition coefficient (Wildman–Crippen LogP) is 3.99. The van der Waals surface area contributed by atoms with Crippen LogP contribution >= 0.6 is 0 Å². The topological polar surface area (TPSA) is 61.8 Å². The van der Waals surface area contributed by atoms with Crippen LogP contribution in [0.5, 0.6) is 0 Å². The van der Waals surface area contributed by atoms with Crippen LogP contribution in [-0.2, 0) is 16.0 Å². The van der Waals surface area contributed by atoms with E-state index in [0.717, 1.165) is 36.2 Å². The summed E-state index contributed by atoms with van der Waals surface area (Å²) in [6.45, 7) is 2.71. The highest BCUT2D eigenvalue weighted by molar-refractivity contribution is 6.02. The molecule has 0 saturated carbocycles. The van der Waals surface area contributed by atoms with Crippen LogP contribution in [0.25, 0.3) is 0 Å². The van der Waals surface area contributed by atoms with Crippen molar-refractivity contribution in [2.24, 2.45) is 5.10 Å². The van der Waals surface area contributed by atoms with Gasteiger partial charge in [0.15, 0.2) is 0 Å². The van der Waals surface area contributed by atoms with Gasteiger partial charge in [-0.05, 0) is 29.7 Å². The van der Waals surface area contributed by atoms with Gasteiger partial charge in [0.25, 0.3) is 0 Å². The number of nitrogens with zero attached hydrogens (tertiary/aromatic N) is 2. The van der Waals surface area contributed by atoms with E-state index in [4.69, 9.17) is 0 Å². The zero-order valence-corrected chi connectivity index (χ0v) is 15.6. The van der Waals surface area contributed by atoms with Crippen molar-refractivity contribution in [3.8, 4) is 0 Å². The van der Waals surface area contributed by atoms with E-state index >= 15 is 0 Å². The molecule has 1 aliphatic heterocycles.